The van der Waals surface area contributed by atoms with Crippen molar-refractivity contribution < 1.29 is 0 Å². The molecular weight excluding hydrogens is 248 g/mol. The molecule has 0 unspecified atom stereocenters. The Bertz CT molecular complexity index is 924. The van der Waals surface area contributed by atoms with Crippen LogP contribution in [0, 0.1) is 0 Å². The van der Waals surface area contributed by atoms with E-state index in [0.29, 0.717) is 5.95 Å². The molecule has 2 aromatic carbocycles. The summed E-state index contributed by atoms with van der Waals surface area (Å²) in [6.45, 7) is 0. The van der Waals surface area contributed by atoms with Gasteiger partial charge in [-0.15, -0.1) is 0 Å². The van der Waals surface area contributed by atoms with E-state index in [1.807, 2.05) is 34.9 Å². The predicted octanol–water partition coefficient (Wildman–Crippen LogP) is 3.16. The number of benzene rings is 2. The maximum Gasteiger partial charge on any atom is 0.207 e. The fourth-order valence-electron chi connectivity index (χ4n) is 2.50. The quantitative estimate of drug-likeness (QED) is 0.572. The summed E-state index contributed by atoms with van der Waals surface area (Å²) in [4.78, 5) is 8.73. The van der Waals surface area contributed by atoms with Gasteiger partial charge in [-0.1, -0.05) is 30.3 Å². The number of nitrogen functional groups attached to an aromatic ring is 1. The molecule has 4 rings (SSSR count). The van der Waals surface area contributed by atoms with E-state index in [9.17, 15) is 0 Å². The Labute approximate surface area is 115 Å². The van der Waals surface area contributed by atoms with Crippen LogP contribution in [-0.4, -0.2) is 14.5 Å². The maximum absolute atomic E-state index is 6.04. The van der Waals surface area contributed by atoms with Crippen molar-refractivity contribution in [2.24, 2.45) is 0 Å². The number of aromatic nitrogens is 3. The Balaban J connectivity index is 2.03. The number of anilines is 1. The van der Waals surface area contributed by atoms with Crippen LogP contribution in [-0.2, 0) is 0 Å². The predicted molar refractivity (Wildman–Crippen MR) is 80.8 cm³/mol. The number of hydrogen-bond donors (Lipinski definition) is 1. The molecule has 2 aromatic heterocycles. The van der Waals surface area contributed by atoms with Crippen molar-refractivity contribution in [1.29, 1.82) is 0 Å². The van der Waals surface area contributed by atoms with Crippen LogP contribution in [0.25, 0.3) is 27.6 Å². The first-order valence-corrected chi connectivity index (χ1v) is 6.41. The van der Waals surface area contributed by atoms with Crippen LogP contribution in [0.3, 0.4) is 0 Å². The number of pyridine rings is 1. The van der Waals surface area contributed by atoms with Crippen molar-refractivity contribution in [3.63, 3.8) is 0 Å². The molecule has 0 amide bonds. The molecule has 0 bridgehead atoms. The average Bonchev–Trinajstić information content (AvgIpc) is 2.82. The molecule has 2 N–H and O–H groups in total. The van der Waals surface area contributed by atoms with E-state index in [0.717, 1.165) is 16.9 Å². The van der Waals surface area contributed by atoms with E-state index < -0.39 is 0 Å². The fourth-order valence-corrected chi connectivity index (χ4v) is 2.50. The smallest absolute Gasteiger partial charge is 0.207 e. The van der Waals surface area contributed by atoms with Crippen LogP contribution in [0.5, 0.6) is 0 Å². The lowest BCUT2D eigenvalue weighted by Crippen LogP contribution is -2.01. The molecule has 0 atom stereocenters. The minimum atomic E-state index is 0.453. The Hall–Kier alpha value is -2.88. The van der Waals surface area contributed by atoms with E-state index in [1.54, 1.807) is 6.20 Å². The van der Waals surface area contributed by atoms with Crippen molar-refractivity contribution in [3.05, 3.63) is 60.8 Å². The van der Waals surface area contributed by atoms with Gasteiger partial charge in [-0.25, -0.2) is 9.97 Å². The zero-order valence-electron chi connectivity index (χ0n) is 10.7. The molecule has 0 spiro atoms. The van der Waals surface area contributed by atoms with E-state index >= 15 is 0 Å². The molecule has 4 heteroatoms. The topological polar surface area (TPSA) is 56.7 Å². The highest BCUT2D eigenvalue weighted by Crippen LogP contribution is 2.24. The zero-order valence-corrected chi connectivity index (χ0v) is 10.7. The summed E-state index contributed by atoms with van der Waals surface area (Å²) in [5.41, 5.74) is 8.60. The van der Waals surface area contributed by atoms with Crippen molar-refractivity contribution in [3.8, 4) is 5.69 Å². The molecule has 0 aliphatic heterocycles. The summed E-state index contributed by atoms with van der Waals surface area (Å²) in [6.07, 6.45) is 1.75. The summed E-state index contributed by atoms with van der Waals surface area (Å²) in [7, 11) is 0. The van der Waals surface area contributed by atoms with Crippen molar-refractivity contribution in [2.45, 2.75) is 0 Å². The molecular formula is C16H12N4. The monoisotopic (exact) mass is 260 g/mol. The van der Waals surface area contributed by atoms with Gasteiger partial charge in [0.2, 0.25) is 5.95 Å². The Kier molecular flexibility index (Phi) is 2.23. The standard InChI is InChI=1S/C16H12N4/c17-16-19-14-6-3-9-18-15(14)20(16)13-8-7-11-4-1-2-5-12(11)10-13/h1-10H,(H2,17,19). The number of nitrogens with two attached hydrogens (primary N) is 1. The third kappa shape index (κ3) is 1.55. The molecule has 0 aliphatic carbocycles. The molecule has 20 heavy (non-hydrogen) atoms. The molecule has 0 fully saturated rings. The molecule has 0 saturated heterocycles. The second-order valence-electron chi connectivity index (χ2n) is 4.68. The molecule has 2 heterocycles. The molecule has 0 aliphatic rings. The molecule has 4 aromatic rings. The van der Waals surface area contributed by atoms with Gasteiger partial charge in [0.1, 0.15) is 5.52 Å². The Morgan fingerprint density at radius 1 is 0.900 bits per heavy atom. The number of rotatable bonds is 1. The van der Waals surface area contributed by atoms with Crippen LogP contribution >= 0.6 is 0 Å². The maximum atomic E-state index is 6.04. The lowest BCUT2D eigenvalue weighted by Gasteiger charge is -2.07. The van der Waals surface area contributed by atoms with Crippen molar-refractivity contribution >= 4 is 27.9 Å². The zero-order chi connectivity index (χ0) is 13.5. The van der Waals surface area contributed by atoms with Gasteiger partial charge in [0.15, 0.2) is 5.65 Å². The van der Waals surface area contributed by atoms with Gasteiger partial charge >= 0.3 is 0 Å². The fraction of sp³-hybridized carbons (Fsp3) is 0. The lowest BCUT2D eigenvalue weighted by molar-refractivity contribution is 1.09. The van der Waals surface area contributed by atoms with Crippen LogP contribution in [0.2, 0.25) is 0 Å². The normalized spacial score (nSPS) is 11.2. The van der Waals surface area contributed by atoms with Gasteiger partial charge in [-0.3, -0.25) is 4.57 Å². The first kappa shape index (κ1) is 11.0. The summed E-state index contributed by atoms with van der Waals surface area (Å²) in [5, 5.41) is 2.37. The van der Waals surface area contributed by atoms with Gasteiger partial charge in [0.25, 0.3) is 0 Å². The van der Waals surface area contributed by atoms with E-state index in [1.165, 1.54) is 10.8 Å². The van der Waals surface area contributed by atoms with Crippen molar-refractivity contribution in [2.75, 3.05) is 5.73 Å². The first-order chi connectivity index (χ1) is 9.83. The van der Waals surface area contributed by atoms with E-state index in [2.05, 4.69) is 34.2 Å². The lowest BCUT2D eigenvalue weighted by atomic mass is 10.1. The third-order valence-corrected chi connectivity index (χ3v) is 3.43. The Morgan fingerprint density at radius 3 is 2.65 bits per heavy atom. The molecule has 4 nitrogen and oxygen atoms in total. The highest BCUT2D eigenvalue weighted by Gasteiger charge is 2.10. The van der Waals surface area contributed by atoms with Crippen molar-refractivity contribution in [1.82, 2.24) is 14.5 Å². The summed E-state index contributed by atoms with van der Waals surface area (Å²) >= 11 is 0. The SMILES string of the molecule is Nc1nc2cccnc2n1-c1ccc2ccccc2c1. The second kappa shape index (κ2) is 4.06. The van der Waals surface area contributed by atoms with Crippen LogP contribution in [0.1, 0.15) is 0 Å². The van der Waals surface area contributed by atoms with E-state index in [4.69, 9.17) is 5.73 Å². The number of hydrogen-bond acceptors (Lipinski definition) is 3. The third-order valence-electron chi connectivity index (χ3n) is 3.43. The summed E-state index contributed by atoms with van der Waals surface area (Å²) in [6, 6.07) is 18.2. The van der Waals surface area contributed by atoms with Gasteiger partial charge < -0.3 is 5.73 Å². The number of fused-ring (bicyclic) bond motifs is 2. The van der Waals surface area contributed by atoms with Gasteiger partial charge in [-0.2, -0.15) is 0 Å². The first-order valence-electron chi connectivity index (χ1n) is 6.41. The highest BCUT2D eigenvalue weighted by atomic mass is 15.2. The number of imidazole rings is 1. The average molecular weight is 260 g/mol. The summed E-state index contributed by atoms with van der Waals surface area (Å²) in [5.74, 6) is 0.453. The van der Waals surface area contributed by atoms with Crippen LogP contribution < -0.4 is 5.73 Å². The minimum absolute atomic E-state index is 0.453. The van der Waals surface area contributed by atoms with E-state index in [-0.39, 0.29) is 0 Å². The summed E-state index contributed by atoms with van der Waals surface area (Å²) < 4.78 is 1.88. The minimum Gasteiger partial charge on any atom is -0.369 e. The molecule has 0 radical (unpaired) electrons. The highest BCUT2D eigenvalue weighted by molar-refractivity contribution is 5.86. The van der Waals surface area contributed by atoms with Gasteiger partial charge in [0.05, 0.1) is 5.69 Å². The number of nitrogens with zero attached hydrogens (tertiary/aromatic N) is 3. The Morgan fingerprint density at radius 2 is 1.75 bits per heavy atom. The largest absolute Gasteiger partial charge is 0.369 e. The van der Waals surface area contributed by atoms with Crippen LogP contribution in [0.15, 0.2) is 60.8 Å². The molecule has 96 valence electrons. The van der Waals surface area contributed by atoms with Crippen LogP contribution in [0.4, 0.5) is 5.95 Å². The van der Waals surface area contributed by atoms with Gasteiger partial charge in [-0.05, 0) is 35.0 Å². The second-order valence-corrected chi connectivity index (χ2v) is 4.68. The molecule has 0 saturated carbocycles. The van der Waals surface area contributed by atoms with Gasteiger partial charge in [0, 0.05) is 6.20 Å².